The van der Waals surface area contributed by atoms with E-state index in [4.69, 9.17) is 10.5 Å². The average Bonchev–Trinajstić information content (AvgIpc) is 2.99. The van der Waals surface area contributed by atoms with Crippen molar-refractivity contribution in [3.8, 4) is 6.07 Å². The van der Waals surface area contributed by atoms with Gasteiger partial charge in [0, 0.05) is 6.54 Å². The Morgan fingerprint density at radius 3 is 3.12 bits per heavy atom. The van der Waals surface area contributed by atoms with Crippen molar-refractivity contribution >= 4 is 34.3 Å². The average molecular weight is 359 g/mol. The molecule has 3 rings (SSSR count). The summed E-state index contributed by atoms with van der Waals surface area (Å²) in [5.41, 5.74) is 6.19. The fourth-order valence-corrected chi connectivity index (χ4v) is 3.31. The molecule has 1 amide bonds. The number of nitrogens with one attached hydrogen (secondary N) is 1. The number of nitrogens with zero attached hydrogens (tertiary/aromatic N) is 5. The molecule has 1 aliphatic heterocycles. The molecule has 3 heterocycles. The van der Waals surface area contributed by atoms with Gasteiger partial charge in [0.2, 0.25) is 0 Å². The van der Waals surface area contributed by atoms with Crippen LogP contribution >= 0.6 is 11.5 Å². The molecule has 0 radical (unpaired) electrons. The highest BCUT2D eigenvalue weighted by Crippen LogP contribution is 2.25. The monoisotopic (exact) mass is 359 g/mol. The van der Waals surface area contributed by atoms with E-state index < -0.39 is 6.09 Å². The minimum Gasteiger partial charge on any atom is -0.445 e. The number of hydrogen-bond acceptors (Lipinski definition) is 9. The minimum atomic E-state index is -0.777. The van der Waals surface area contributed by atoms with Crippen LogP contribution in [-0.4, -0.2) is 39.6 Å². The fraction of sp³-hybridized carbons (Fsp3) is 0.400. The zero-order valence-electron chi connectivity index (χ0n) is 13.6. The Morgan fingerprint density at radius 2 is 2.44 bits per heavy atom. The summed E-state index contributed by atoms with van der Waals surface area (Å²) in [5.74, 6) is 0.988. The third kappa shape index (κ3) is 4.13. The number of nitriles is 1. The second-order valence-corrected chi connectivity index (χ2v) is 6.45. The van der Waals surface area contributed by atoms with E-state index in [1.165, 1.54) is 11.5 Å². The number of primary amides is 1. The van der Waals surface area contributed by atoms with Crippen LogP contribution in [0.5, 0.6) is 0 Å². The maximum atomic E-state index is 11.0. The lowest BCUT2D eigenvalue weighted by Gasteiger charge is -2.32. The number of piperidine rings is 1. The number of ether oxygens (including phenoxy) is 1. The van der Waals surface area contributed by atoms with Gasteiger partial charge in [-0.05, 0) is 37.4 Å². The van der Waals surface area contributed by atoms with E-state index in [0.29, 0.717) is 18.2 Å². The number of carbonyl (C=O) groups excluding carboxylic acids is 1. The second kappa shape index (κ2) is 7.31. The Labute approximate surface area is 148 Å². The Kier molecular flexibility index (Phi) is 4.95. The molecule has 9 nitrogen and oxygen atoms in total. The molecule has 1 atom stereocenters. The number of aromatic nitrogens is 3. The second-order valence-electron chi connectivity index (χ2n) is 5.64. The van der Waals surface area contributed by atoms with Crippen LogP contribution in [0.25, 0.3) is 0 Å². The van der Waals surface area contributed by atoms with E-state index in [1.54, 1.807) is 6.20 Å². The summed E-state index contributed by atoms with van der Waals surface area (Å²) in [6, 6.07) is 3.90. The van der Waals surface area contributed by atoms with Crippen molar-refractivity contribution in [3.63, 3.8) is 0 Å². The lowest BCUT2D eigenvalue weighted by Crippen LogP contribution is -2.41. The van der Waals surface area contributed by atoms with Gasteiger partial charge in [-0.25, -0.2) is 14.8 Å². The molecule has 1 saturated heterocycles. The molecule has 25 heavy (non-hydrogen) atoms. The van der Waals surface area contributed by atoms with Crippen molar-refractivity contribution in [3.05, 3.63) is 23.7 Å². The molecule has 0 aliphatic carbocycles. The molecule has 2 aromatic heterocycles. The van der Waals surface area contributed by atoms with Crippen LogP contribution in [0.4, 0.5) is 21.4 Å². The summed E-state index contributed by atoms with van der Waals surface area (Å²) in [6.45, 7) is 3.14. The van der Waals surface area contributed by atoms with Crippen molar-refractivity contribution in [2.75, 3.05) is 23.3 Å². The number of rotatable bonds is 4. The summed E-state index contributed by atoms with van der Waals surface area (Å²) in [5, 5.41) is 13.1. The fourth-order valence-electron chi connectivity index (χ4n) is 2.65. The van der Waals surface area contributed by atoms with Crippen LogP contribution in [0.1, 0.15) is 24.2 Å². The van der Waals surface area contributed by atoms with Gasteiger partial charge in [0.15, 0.2) is 11.5 Å². The van der Waals surface area contributed by atoms with Crippen molar-refractivity contribution < 1.29 is 9.53 Å². The van der Waals surface area contributed by atoms with Gasteiger partial charge in [-0.15, -0.1) is 0 Å². The van der Waals surface area contributed by atoms with Crippen molar-refractivity contribution in [1.29, 1.82) is 5.26 Å². The molecule has 3 N–H and O–H groups in total. The molecule has 1 fully saturated rings. The predicted octanol–water partition coefficient (Wildman–Crippen LogP) is 1.92. The molecule has 10 heteroatoms. The number of amides is 1. The summed E-state index contributed by atoms with van der Waals surface area (Å²) in [4.78, 5) is 21.6. The topological polar surface area (TPSA) is 130 Å². The quantitative estimate of drug-likeness (QED) is 0.846. The number of anilines is 3. The number of nitrogens with two attached hydrogens (primary N) is 1. The Hall–Kier alpha value is -2.93. The van der Waals surface area contributed by atoms with Gasteiger partial charge < -0.3 is 20.7 Å². The van der Waals surface area contributed by atoms with Crippen LogP contribution in [0.3, 0.4) is 0 Å². The lowest BCUT2D eigenvalue weighted by atomic mass is 10.1. The van der Waals surface area contributed by atoms with E-state index in [9.17, 15) is 10.1 Å². The highest BCUT2D eigenvalue weighted by atomic mass is 32.1. The van der Waals surface area contributed by atoms with Gasteiger partial charge >= 0.3 is 6.09 Å². The van der Waals surface area contributed by atoms with Gasteiger partial charge in [-0.2, -0.15) is 9.64 Å². The van der Waals surface area contributed by atoms with E-state index in [-0.39, 0.29) is 11.8 Å². The van der Waals surface area contributed by atoms with Crippen molar-refractivity contribution in [2.45, 2.75) is 25.9 Å². The van der Waals surface area contributed by atoms with Gasteiger partial charge in [0.25, 0.3) is 0 Å². The summed E-state index contributed by atoms with van der Waals surface area (Å²) < 4.78 is 9.29. The molecule has 0 bridgehead atoms. The molecule has 0 saturated carbocycles. The van der Waals surface area contributed by atoms with Gasteiger partial charge in [0.05, 0.1) is 18.4 Å². The van der Waals surface area contributed by atoms with E-state index in [0.717, 1.165) is 30.1 Å². The zero-order valence-corrected chi connectivity index (χ0v) is 14.4. The summed E-state index contributed by atoms with van der Waals surface area (Å²) in [6.07, 6.45) is 2.10. The number of hydrogen-bond donors (Lipinski definition) is 2. The largest absolute Gasteiger partial charge is 0.445 e. The predicted molar refractivity (Wildman–Crippen MR) is 92.8 cm³/mol. The maximum Gasteiger partial charge on any atom is 0.404 e. The zero-order chi connectivity index (χ0) is 17.8. The van der Waals surface area contributed by atoms with Crippen LogP contribution < -0.4 is 16.0 Å². The van der Waals surface area contributed by atoms with E-state index in [1.807, 2.05) is 24.0 Å². The van der Waals surface area contributed by atoms with Crippen molar-refractivity contribution in [2.24, 2.45) is 5.73 Å². The molecular weight excluding hydrogens is 342 g/mol. The van der Waals surface area contributed by atoms with Crippen LogP contribution in [0, 0.1) is 18.3 Å². The molecule has 130 valence electrons. The normalized spacial score (nSPS) is 17.0. The number of carbonyl (C=O) groups is 1. The van der Waals surface area contributed by atoms with Gasteiger partial charge in [-0.3, -0.25) is 0 Å². The third-order valence-corrected chi connectivity index (χ3v) is 4.52. The van der Waals surface area contributed by atoms with Gasteiger partial charge in [-0.1, -0.05) is 0 Å². The van der Waals surface area contributed by atoms with E-state index >= 15 is 0 Å². The van der Waals surface area contributed by atoms with Crippen LogP contribution in [0.15, 0.2) is 12.3 Å². The third-order valence-electron chi connectivity index (χ3n) is 3.72. The Morgan fingerprint density at radius 1 is 1.60 bits per heavy atom. The standard InChI is InChI=1S/C15H17N7O2S/c1-9-5-13(25-21-9)20-14-11(6-16)18-7-12(19-14)22-4-2-3-10(8-22)24-15(17)23/h5,7,10H,2-4,8H2,1H3,(H2,17,23)(H,19,20)/t10-/m1/s1. The highest BCUT2D eigenvalue weighted by Gasteiger charge is 2.24. The molecule has 2 aromatic rings. The summed E-state index contributed by atoms with van der Waals surface area (Å²) >= 11 is 1.29. The molecule has 0 spiro atoms. The molecule has 0 aromatic carbocycles. The Balaban J connectivity index is 1.81. The van der Waals surface area contributed by atoms with Crippen LogP contribution in [0.2, 0.25) is 0 Å². The Bertz CT molecular complexity index is 816. The number of aryl methyl sites for hydroxylation is 1. The maximum absolute atomic E-state index is 11.0. The molecular formula is C15H17N7O2S. The molecule has 0 unspecified atom stereocenters. The first kappa shape index (κ1) is 16.9. The first-order chi connectivity index (χ1) is 12.0. The van der Waals surface area contributed by atoms with Crippen LogP contribution in [-0.2, 0) is 4.74 Å². The SMILES string of the molecule is Cc1cc(Nc2nc(N3CCC[C@@H](OC(N)=O)C3)cnc2C#N)sn1. The van der Waals surface area contributed by atoms with Crippen molar-refractivity contribution in [1.82, 2.24) is 14.3 Å². The van der Waals surface area contributed by atoms with E-state index in [2.05, 4.69) is 19.7 Å². The smallest absolute Gasteiger partial charge is 0.404 e. The lowest BCUT2D eigenvalue weighted by molar-refractivity contribution is 0.0964. The molecule has 1 aliphatic rings. The summed E-state index contributed by atoms with van der Waals surface area (Å²) in [7, 11) is 0. The highest BCUT2D eigenvalue weighted by molar-refractivity contribution is 7.10. The minimum absolute atomic E-state index is 0.205. The first-order valence-electron chi connectivity index (χ1n) is 7.73. The first-order valence-corrected chi connectivity index (χ1v) is 8.51. The van der Waals surface area contributed by atoms with Gasteiger partial charge in [0.1, 0.15) is 23.0 Å².